The predicted molar refractivity (Wildman–Crippen MR) is 88.7 cm³/mol. The van der Waals surface area contributed by atoms with Crippen molar-refractivity contribution in [3.05, 3.63) is 23.2 Å². The normalized spacial score (nSPS) is 20.5. The van der Waals surface area contributed by atoms with E-state index in [1.165, 1.54) is 0 Å². The molecule has 1 saturated heterocycles. The lowest BCUT2D eigenvalue weighted by molar-refractivity contribution is -0.137. The van der Waals surface area contributed by atoms with Crippen molar-refractivity contribution in [1.29, 1.82) is 0 Å². The van der Waals surface area contributed by atoms with E-state index < -0.39 is 5.60 Å². The third-order valence-electron chi connectivity index (χ3n) is 5.21. The first kappa shape index (κ1) is 17.0. The summed E-state index contributed by atoms with van der Waals surface area (Å²) in [5.41, 5.74) is -0.206. The zero-order valence-corrected chi connectivity index (χ0v) is 14.5. The summed E-state index contributed by atoms with van der Waals surface area (Å²) in [6.45, 7) is 5.71. The molecule has 2 aliphatic rings. The number of furan rings is 1. The van der Waals surface area contributed by atoms with E-state index in [-0.39, 0.29) is 18.2 Å². The Hall–Kier alpha value is -1.82. The van der Waals surface area contributed by atoms with Crippen LogP contribution in [0, 0.1) is 13.8 Å². The molecule has 1 saturated carbocycles. The zero-order chi connectivity index (χ0) is 17.3. The van der Waals surface area contributed by atoms with Crippen LogP contribution in [0.2, 0.25) is 0 Å². The summed E-state index contributed by atoms with van der Waals surface area (Å²) in [6.07, 6.45) is 3.64. The smallest absolute Gasteiger partial charge is 0.257 e. The Bertz CT molecular complexity index is 623. The fourth-order valence-corrected chi connectivity index (χ4v) is 3.78. The Labute approximate surface area is 142 Å². The van der Waals surface area contributed by atoms with Gasteiger partial charge in [0.05, 0.1) is 17.6 Å². The molecule has 2 heterocycles. The second-order valence-electron chi connectivity index (χ2n) is 7.11. The van der Waals surface area contributed by atoms with Gasteiger partial charge in [-0.3, -0.25) is 9.59 Å². The van der Waals surface area contributed by atoms with Gasteiger partial charge in [0.1, 0.15) is 11.5 Å². The first-order valence-corrected chi connectivity index (χ1v) is 8.74. The van der Waals surface area contributed by atoms with Crippen LogP contribution in [0.4, 0.5) is 0 Å². The molecule has 0 radical (unpaired) electrons. The average Bonchev–Trinajstić information content (AvgIpc) is 3.12. The first-order chi connectivity index (χ1) is 11.4. The standard InChI is InChI=1S/C18H26N2O4/c1-13-11-15(14(2)24-13)17(22)20-9-7-19(8-10-20)16(21)12-18(23)5-3-4-6-18/h11,23H,3-10,12H2,1-2H3. The molecule has 6 nitrogen and oxygen atoms in total. The number of hydrogen-bond acceptors (Lipinski definition) is 4. The topological polar surface area (TPSA) is 74.0 Å². The van der Waals surface area contributed by atoms with E-state index in [9.17, 15) is 14.7 Å². The number of hydrogen-bond donors (Lipinski definition) is 1. The van der Waals surface area contributed by atoms with Crippen molar-refractivity contribution in [3.63, 3.8) is 0 Å². The molecule has 6 heteroatoms. The van der Waals surface area contributed by atoms with Crippen molar-refractivity contribution in [2.45, 2.75) is 51.6 Å². The maximum Gasteiger partial charge on any atom is 0.257 e. The number of piperazine rings is 1. The van der Waals surface area contributed by atoms with E-state index in [1.807, 2.05) is 6.92 Å². The Morgan fingerprint density at radius 2 is 1.71 bits per heavy atom. The van der Waals surface area contributed by atoms with Crippen molar-refractivity contribution in [2.24, 2.45) is 0 Å². The number of nitrogens with zero attached hydrogens (tertiary/aromatic N) is 2. The summed E-state index contributed by atoms with van der Waals surface area (Å²) in [5, 5.41) is 10.4. The minimum atomic E-state index is -0.810. The molecule has 2 fully saturated rings. The Morgan fingerprint density at radius 1 is 1.12 bits per heavy atom. The summed E-state index contributed by atoms with van der Waals surface area (Å²) >= 11 is 0. The average molecular weight is 334 g/mol. The summed E-state index contributed by atoms with van der Waals surface area (Å²) in [7, 11) is 0. The monoisotopic (exact) mass is 334 g/mol. The van der Waals surface area contributed by atoms with Gasteiger partial charge in [-0.1, -0.05) is 12.8 Å². The lowest BCUT2D eigenvalue weighted by Crippen LogP contribution is -2.51. The van der Waals surface area contributed by atoms with E-state index in [0.717, 1.165) is 31.4 Å². The predicted octanol–water partition coefficient (Wildman–Crippen LogP) is 1.88. The molecule has 24 heavy (non-hydrogen) atoms. The van der Waals surface area contributed by atoms with Crippen LogP contribution < -0.4 is 0 Å². The molecule has 3 rings (SSSR count). The third kappa shape index (κ3) is 3.48. The van der Waals surface area contributed by atoms with Gasteiger partial charge in [0.25, 0.3) is 5.91 Å². The molecule has 1 aliphatic carbocycles. The number of carbonyl (C=O) groups excluding carboxylic acids is 2. The SMILES string of the molecule is Cc1cc(C(=O)N2CCN(C(=O)CC3(O)CCCC3)CC2)c(C)o1. The Kier molecular flexibility index (Phi) is 4.67. The van der Waals surface area contributed by atoms with E-state index in [1.54, 1.807) is 22.8 Å². The van der Waals surface area contributed by atoms with Gasteiger partial charge >= 0.3 is 0 Å². The van der Waals surface area contributed by atoms with Crippen molar-refractivity contribution >= 4 is 11.8 Å². The maximum absolute atomic E-state index is 12.6. The van der Waals surface area contributed by atoms with Crippen LogP contribution in [0.25, 0.3) is 0 Å². The van der Waals surface area contributed by atoms with Crippen molar-refractivity contribution < 1.29 is 19.1 Å². The van der Waals surface area contributed by atoms with Crippen LogP contribution in [0.3, 0.4) is 0 Å². The molecule has 0 bridgehead atoms. The summed E-state index contributed by atoms with van der Waals surface area (Å²) in [6, 6.07) is 1.77. The van der Waals surface area contributed by atoms with Crippen LogP contribution in [0.1, 0.15) is 54.0 Å². The van der Waals surface area contributed by atoms with E-state index in [4.69, 9.17) is 4.42 Å². The number of rotatable bonds is 3. The van der Waals surface area contributed by atoms with Gasteiger partial charge in [-0.05, 0) is 32.8 Å². The molecular formula is C18H26N2O4. The van der Waals surface area contributed by atoms with Gasteiger partial charge < -0.3 is 19.3 Å². The second kappa shape index (κ2) is 6.59. The van der Waals surface area contributed by atoms with Crippen molar-refractivity contribution in [2.75, 3.05) is 26.2 Å². The lowest BCUT2D eigenvalue weighted by atomic mass is 9.97. The fourth-order valence-electron chi connectivity index (χ4n) is 3.78. The van der Waals surface area contributed by atoms with Crippen LogP contribution in [-0.4, -0.2) is 58.5 Å². The second-order valence-corrected chi connectivity index (χ2v) is 7.11. The first-order valence-electron chi connectivity index (χ1n) is 8.74. The van der Waals surface area contributed by atoms with Crippen LogP contribution in [-0.2, 0) is 4.79 Å². The van der Waals surface area contributed by atoms with E-state index in [0.29, 0.717) is 37.5 Å². The highest BCUT2D eigenvalue weighted by molar-refractivity contribution is 5.95. The van der Waals surface area contributed by atoms with E-state index >= 15 is 0 Å². The molecule has 0 aromatic carbocycles. The Morgan fingerprint density at radius 3 is 2.25 bits per heavy atom. The molecule has 1 aromatic rings. The number of aliphatic hydroxyl groups is 1. The molecule has 2 amide bonds. The molecule has 1 N–H and O–H groups in total. The highest BCUT2D eigenvalue weighted by Gasteiger charge is 2.36. The maximum atomic E-state index is 12.6. The third-order valence-corrected chi connectivity index (χ3v) is 5.21. The van der Waals surface area contributed by atoms with Crippen molar-refractivity contribution in [3.8, 4) is 0 Å². The largest absolute Gasteiger partial charge is 0.466 e. The number of carbonyl (C=O) groups is 2. The lowest BCUT2D eigenvalue weighted by Gasteiger charge is -2.36. The van der Waals surface area contributed by atoms with E-state index in [2.05, 4.69) is 0 Å². The number of amides is 2. The number of aryl methyl sites for hydroxylation is 2. The molecule has 0 unspecified atom stereocenters. The molecule has 0 atom stereocenters. The summed E-state index contributed by atoms with van der Waals surface area (Å²) in [4.78, 5) is 28.5. The molecule has 0 spiro atoms. The highest BCUT2D eigenvalue weighted by Crippen LogP contribution is 2.32. The van der Waals surface area contributed by atoms with Gasteiger partial charge in [0.15, 0.2) is 0 Å². The van der Waals surface area contributed by atoms with Crippen LogP contribution in [0.15, 0.2) is 10.5 Å². The fraction of sp³-hybridized carbons (Fsp3) is 0.667. The van der Waals surface area contributed by atoms with Crippen LogP contribution >= 0.6 is 0 Å². The molecule has 1 aromatic heterocycles. The highest BCUT2D eigenvalue weighted by atomic mass is 16.3. The quantitative estimate of drug-likeness (QED) is 0.916. The molecular weight excluding hydrogens is 308 g/mol. The van der Waals surface area contributed by atoms with Crippen molar-refractivity contribution in [1.82, 2.24) is 9.80 Å². The van der Waals surface area contributed by atoms with Gasteiger partial charge in [0.2, 0.25) is 5.91 Å². The summed E-state index contributed by atoms with van der Waals surface area (Å²) < 4.78 is 5.43. The zero-order valence-electron chi connectivity index (χ0n) is 14.5. The van der Waals surface area contributed by atoms with Gasteiger partial charge in [0, 0.05) is 26.2 Å². The van der Waals surface area contributed by atoms with Gasteiger partial charge in [-0.2, -0.15) is 0 Å². The summed E-state index contributed by atoms with van der Waals surface area (Å²) in [5.74, 6) is 1.33. The molecule has 132 valence electrons. The minimum Gasteiger partial charge on any atom is -0.466 e. The van der Waals surface area contributed by atoms with Crippen LogP contribution in [0.5, 0.6) is 0 Å². The van der Waals surface area contributed by atoms with Gasteiger partial charge in [-0.15, -0.1) is 0 Å². The van der Waals surface area contributed by atoms with Gasteiger partial charge in [-0.25, -0.2) is 0 Å². The Balaban J connectivity index is 1.54. The molecule has 1 aliphatic heterocycles. The minimum absolute atomic E-state index is 0.00170.